The lowest BCUT2D eigenvalue weighted by Crippen LogP contribution is -2.30. The standard InChI is InChI=1S/C17H15FN2O2S/c1-10-3-8-14-15(9-10)23-17(19-14)20-16(21)11(2)22-13-6-4-12(18)5-7-13/h3-9,11H,1-2H3,(H,19,20,21)/t11-/m0/s1. The van der Waals surface area contributed by atoms with Gasteiger partial charge in [0.05, 0.1) is 10.2 Å². The highest BCUT2D eigenvalue weighted by Crippen LogP contribution is 2.26. The maximum atomic E-state index is 12.9. The number of hydrogen-bond acceptors (Lipinski definition) is 4. The summed E-state index contributed by atoms with van der Waals surface area (Å²) >= 11 is 1.42. The first-order valence-electron chi connectivity index (χ1n) is 7.11. The van der Waals surface area contributed by atoms with E-state index in [9.17, 15) is 9.18 Å². The van der Waals surface area contributed by atoms with Gasteiger partial charge in [0.2, 0.25) is 0 Å². The fourth-order valence-corrected chi connectivity index (χ4v) is 3.03. The SMILES string of the molecule is Cc1ccc2nc(NC(=O)[C@H](C)Oc3ccc(F)cc3)sc2c1. The van der Waals surface area contributed by atoms with E-state index in [1.54, 1.807) is 6.92 Å². The first-order chi connectivity index (χ1) is 11.0. The Kier molecular flexibility index (Phi) is 4.25. The van der Waals surface area contributed by atoms with Gasteiger partial charge >= 0.3 is 0 Å². The largest absolute Gasteiger partial charge is 0.481 e. The second kappa shape index (κ2) is 6.34. The zero-order valence-corrected chi connectivity index (χ0v) is 13.5. The van der Waals surface area contributed by atoms with Gasteiger partial charge in [0.1, 0.15) is 11.6 Å². The highest BCUT2D eigenvalue weighted by molar-refractivity contribution is 7.22. The average Bonchev–Trinajstić information content (AvgIpc) is 2.90. The molecule has 0 saturated carbocycles. The normalized spacial score (nSPS) is 12.1. The molecule has 0 aliphatic heterocycles. The number of hydrogen-bond donors (Lipinski definition) is 1. The number of nitrogens with zero attached hydrogens (tertiary/aromatic N) is 1. The molecule has 23 heavy (non-hydrogen) atoms. The van der Waals surface area contributed by atoms with E-state index in [4.69, 9.17) is 4.74 Å². The quantitative estimate of drug-likeness (QED) is 0.782. The maximum Gasteiger partial charge on any atom is 0.266 e. The minimum atomic E-state index is -0.714. The Bertz CT molecular complexity index is 845. The fourth-order valence-electron chi connectivity index (χ4n) is 2.06. The molecule has 3 aromatic rings. The number of amides is 1. The number of rotatable bonds is 4. The van der Waals surface area contributed by atoms with Crippen molar-refractivity contribution in [1.29, 1.82) is 0 Å². The predicted molar refractivity (Wildman–Crippen MR) is 89.5 cm³/mol. The molecule has 1 amide bonds. The van der Waals surface area contributed by atoms with Crippen LogP contribution in [0.1, 0.15) is 12.5 Å². The Morgan fingerprint density at radius 2 is 2.00 bits per heavy atom. The number of halogens is 1. The van der Waals surface area contributed by atoms with Gasteiger partial charge in [-0.15, -0.1) is 0 Å². The van der Waals surface area contributed by atoms with E-state index in [-0.39, 0.29) is 11.7 Å². The Morgan fingerprint density at radius 1 is 1.26 bits per heavy atom. The molecule has 0 saturated heterocycles. The second-order valence-electron chi connectivity index (χ2n) is 5.19. The lowest BCUT2D eigenvalue weighted by atomic mass is 10.2. The van der Waals surface area contributed by atoms with Gasteiger partial charge < -0.3 is 4.74 Å². The van der Waals surface area contributed by atoms with Crippen LogP contribution in [0.2, 0.25) is 0 Å². The molecule has 1 N–H and O–H groups in total. The molecule has 2 aromatic carbocycles. The molecule has 1 heterocycles. The van der Waals surface area contributed by atoms with E-state index in [2.05, 4.69) is 10.3 Å². The van der Waals surface area contributed by atoms with E-state index in [0.29, 0.717) is 10.9 Å². The van der Waals surface area contributed by atoms with Crippen molar-refractivity contribution in [3.63, 3.8) is 0 Å². The van der Waals surface area contributed by atoms with Crippen molar-refractivity contribution in [2.45, 2.75) is 20.0 Å². The van der Waals surface area contributed by atoms with Crippen LogP contribution < -0.4 is 10.1 Å². The van der Waals surface area contributed by atoms with Gasteiger partial charge in [-0.2, -0.15) is 0 Å². The van der Waals surface area contributed by atoms with Gasteiger partial charge in [-0.1, -0.05) is 17.4 Å². The van der Waals surface area contributed by atoms with Gasteiger partial charge in [0, 0.05) is 0 Å². The van der Waals surface area contributed by atoms with E-state index < -0.39 is 6.10 Å². The first-order valence-corrected chi connectivity index (χ1v) is 7.93. The van der Waals surface area contributed by atoms with Crippen molar-refractivity contribution in [2.24, 2.45) is 0 Å². The number of nitrogens with one attached hydrogen (secondary N) is 1. The third-order valence-electron chi connectivity index (χ3n) is 3.27. The smallest absolute Gasteiger partial charge is 0.266 e. The van der Waals surface area contributed by atoms with Crippen LogP contribution in [0.15, 0.2) is 42.5 Å². The van der Waals surface area contributed by atoms with Gasteiger partial charge in [0.25, 0.3) is 5.91 Å². The zero-order valence-electron chi connectivity index (χ0n) is 12.7. The van der Waals surface area contributed by atoms with Crippen LogP contribution in [-0.4, -0.2) is 17.0 Å². The summed E-state index contributed by atoms with van der Waals surface area (Å²) in [4.78, 5) is 16.6. The molecule has 0 radical (unpaired) electrons. The molecular weight excluding hydrogens is 315 g/mol. The van der Waals surface area contributed by atoms with Crippen molar-refractivity contribution in [1.82, 2.24) is 4.98 Å². The number of ether oxygens (including phenoxy) is 1. The average molecular weight is 330 g/mol. The summed E-state index contributed by atoms with van der Waals surface area (Å²) in [6.45, 7) is 3.65. The molecule has 1 atom stereocenters. The van der Waals surface area contributed by atoms with Crippen LogP contribution >= 0.6 is 11.3 Å². The molecule has 3 rings (SSSR count). The first kappa shape index (κ1) is 15.4. The van der Waals surface area contributed by atoms with Crippen LogP contribution in [0, 0.1) is 12.7 Å². The van der Waals surface area contributed by atoms with Crippen LogP contribution in [0.25, 0.3) is 10.2 Å². The molecule has 0 fully saturated rings. The number of carbonyl (C=O) groups excluding carboxylic acids is 1. The number of thiazole rings is 1. The van der Waals surface area contributed by atoms with Crippen molar-refractivity contribution in [3.05, 3.63) is 53.8 Å². The fraction of sp³-hybridized carbons (Fsp3) is 0.176. The van der Waals surface area contributed by atoms with Crippen LogP contribution in [-0.2, 0) is 4.79 Å². The summed E-state index contributed by atoms with van der Waals surface area (Å²) in [5, 5.41) is 3.28. The summed E-state index contributed by atoms with van der Waals surface area (Å²) in [6, 6.07) is 11.5. The summed E-state index contributed by atoms with van der Waals surface area (Å²) in [7, 11) is 0. The lowest BCUT2D eigenvalue weighted by molar-refractivity contribution is -0.122. The van der Waals surface area contributed by atoms with E-state index >= 15 is 0 Å². The minimum Gasteiger partial charge on any atom is -0.481 e. The third kappa shape index (κ3) is 3.65. The molecule has 0 unspecified atom stereocenters. The molecule has 6 heteroatoms. The summed E-state index contributed by atoms with van der Waals surface area (Å²) in [6.07, 6.45) is -0.714. The molecule has 1 aromatic heterocycles. The highest BCUT2D eigenvalue weighted by atomic mass is 32.1. The van der Waals surface area contributed by atoms with E-state index in [0.717, 1.165) is 15.8 Å². The number of aromatic nitrogens is 1. The third-order valence-corrected chi connectivity index (χ3v) is 4.20. The molecule has 0 bridgehead atoms. The molecule has 0 aliphatic carbocycles. The zero-order chi connectivity index (χ0) is 16.4. The molecule has 4 nitrogen and oxygen atoms in total. The number of aryl methyl sites for hydroxylation is 1. The van der Waals surface area contributed by atoms with Gasteiger partial charge in [0.15, 0.2) is 11.2 Å². The van der Waals surface area contributed by atoms with Gasteiger partial charge in [-0.3, -0.25) is 10.1 Å². The van der Waals surface area contributed by atoms with Crippen molar-refractivity contribution < 1.29 is 13.9 Å². The summed E-state index contributed by atoms with van der Waals surface area (Å²) in [5.74, 6) is -0.210. The second-order valence-corrected chi connectivity index (χ2v) is 6.22. The monoisotopic (exact) mass is 330 g/mol. The number of fused-ring (bicyclic) bond motifs is 1. The maximum absolute atomic E-state index is 12.9. The Hall–Kier alpha value is -2.47. The van der Waals surface area contributed by atoms with Crippen LogP contribution in [0.4, 0.5) is 9.52 Å². The van der Waals surface area contributed by atoms with Crippen molar-refractivity contribution >= 4 is 32.6 Å². The molecule has 118 valence electrons. The summed E-state index contributed by atoms with van der Waals surface area (Å²) in [5.41, 5.74) is 2.00. The minimum absolute atomic E-state index is 0.301. The Balaban J connectivity index is 1.68. The highest BCUT2D eigenvalue weighted by Gasteiger charge is 2.16. The Morgan fingerprint density at radius 3 is 2.74 bits per heavy atom. The Labute approximate surface area is 136 Å². The molecular formula is C17H15FN2O2S. The van der Waals surface area contributed by atoms with E-state index in [1.807, 2.05) is 25.1 Å². The number of anilines is 1. The molecule has 0 aliphatic rings. The van der Waals surface area contributed by atoms with Crippen LogP contribution in [0.3, 0.4) is 0 Å². The lowest BCUT2D eigenvalue weighted by Gasteiger charge is -2.13. The van der Waals surface area contributed by atoms with E-state index in [1.165, 1.54) is 35.6 Å². The topological polar surface area (TPSA) is 51.2 Å². The van der Waals surface area contributed by atoms with Crippen LogP contribution in [0.5, 0.6) is 5.75 Å². The predicted octanol–water partition coefficient (Wildman–Crippen LogP) is 4.15. The number of benzene rings is 2. The van der Waals surface area contributed by atoms with Crippen molar-refractivity contribution in [2.75, 3.05) is 5.32 Å². The molecule has 0 spiro atoms. The van der Waals surface area contributed by atoms with Gasteiger partial charge in [-0.05, 0) is 55.8 Å². The van der Waals surface area contributed by atoms with Gasteiger partial charge in [-0.25, -0.2) is 9.37 Å². The van der Waals surface area contributed by atoms with Crippen molar-refractivity contribution in [3.8, 4) is 5.75 Å². The summed E-state index contributed by atoms with van der Waals surface area (Å²) < 4.78 is 19.4. The number of carbonyl (C=O) groups is 1.